The molecule has 0 unspecified atom stereocenters. The lowest BCUT2D eigenvalue weighted by atomic mass is 10.1. The summed E-state index contributed by atoms with van der Waals surface area (Å²) in [7, 11) is 0. The lowest BCUT2D eigenvalue weighted by Crippen LogP contribution is -2.51. The fraction of sp³-hybridized carbons (Fsp3) is 0.471. The van der Waals surface area contributed by atoms with Crippen LogP contribution in [0.2, 0.25) is 0 Å². The predicted octanol–water partition coefficient (Wildman–Crippen LogP) is 2.28. The summed E-state index contributed by atoms with van der Waals surface area (Å²) >= 11 is 3.02. The lowest BCUT2D eigenvalue weighted by molar-refractivity contribution is -0.138. The highest BCUT2D eigenvalue weighted by atomic mass is 32.1. The molecule has 0 N–H and O–H groups in total. The third kappa shape index (κ3) is 4.02. The molecule has 0 atom stereocenters. The fourth-order valence-corrected chi connectivity index (χ4v) is 4.38. The zero-order valence-electron chi connectivity index (χ0n) is 13.9. The number of carbonyl (C=O) groups excluding carboxylic acids is 2. The topological polar surface area (TPSA) is 53.5 Å². The first-order chi connectivity index (χ1) is 11.5. The van der Waals surface area contributed by atoms with E-state index in [4.69, 9.17) is 0 Å². The zero-order chi connectivity index (χ0) is 17.1. The van der Waals surface area contributed by atoms with Crippen molar-refractivity contribution in [2.75, 3.05) is 26.2 Å². The number of amides is 2. The Kier molecular flexibility index (Phi) is 5.30. The van der Waals surface area contributed by atoms with Crippen LogP contribution < -0.4 is 0 Å². The summed E-state index contributed by atoms with van der Waals surface area (Å²) in [6.07, 6.45) is 0.872. The van der Waals surface area contributed by atoms with Crippen molar-refractivity contribution in [3.63, 3.8) is 0 Å². The third-order valence-electron chi connectivity index (χ3n) is 4.29. The first-order valence-corrected chi connectivity index (χ1v) is 9.74. The summed E-state index contributed by atoms with van der Waals surface area (Å²) in [6.45, 7) is 6.45. The maximum absolute atomic E-state index is 12.4. The van der Waals surface area contributed by atoms with Crippen LogP contribution in [-0.4, -0.2) is 52.2 Å². The van der Waals surface area contributed by atoms with Gasteiger partial charge in [-0.05, 0) is 48.0 Å². The third-order valence-corrected chi connectivity index (χ3v) is 6.11. The van der Waals surface area contributed by atoms with Gasteiger partial charge in [-0.1, -0.05) is 0 Å². The lowest BCUT2D eigenvalue weighted by Gasteiger charge is -2.34. The van der Waals surface area contributed by atoms with Gasteiger partial charge in [0.1, 0.15) is 0 Å². The molecule has 1 aliphatic heterocycles. The Morgan fingerprint density at radius 1 is 1.04 bits per heavy atom. The molecule has 2 amide bonds. The van der Waals surface area contributed by atoms with E-state index in [2.05, 4.69) is 15.8 Å². The minimum Gasteiger partial charge on any atom is -0.339 e. The van der Waals surface area contributed by atoms with Crippen LogP contribution in [0, 0.1) is 13.8 Å². The largest absolute Gasteiger partial charge is 0.339 e. The molecule has 0 saturated carbocycles. The second-order valence-electron chi connectivity index (χ2n) is 6.13. The van der Waals surface area contributed by atoms with E-state index in [0.29, 0.717) is 39.0 Å². The maximum Gasteiger partial charge on any atom is 0.227 e. The van der Waals surface area contributed by atoms with Crippen LogP contribution in [0.1, 0.15) is 21.7 Å². The molecule has 128 valence electrons. The van der Waals surface area contributed by atoms with Gasteiger partial charge in [-0.3, -0.25) is 9.59 Å². The van der Waals surface area contributed by atoms with E-state index in [1.165, 1.54) is 17.1 Å². The Morgan fingerprint density at radius 3 is 2.17 bits per heavy atom. The molecule has 0 bridgehead atoms. The Bertz CT molecular complexity index is 730. The number of thiophene rings is 1. The molecule has 1 fully saturated rings. The van der Waals surface area contributed by atoms with Gasteiger partial charge >= 0.3 is 0 Å². The standard InChI is InChI=1S/C17H21N3O2S2/c1-12-7-15(23-10-12)9-17(22)20-5-3-19(4-6-20)16(21)8-14-11-24-18-13(14)2/h7,10-11H,3-6,8-9H2,1-2H3. The van der Waals surface area contributed by atoms with Crippen molar-refractivity contribution >= 4 is 34.7 Å². The Morgan fingerprint density at radius 2 is 1.67 bits per heavy atom. The number of aromatic nitrogens is 1. The van der Waals surface area contributed by atoms with E-state index >= 15 is 0 Å². The molecule has 2 aromatic rings. The van der Waals surface area contributed by atoms with E-state index in [-0.39, 0.29) is 11.8 Å². The highest BCUT2D eigenvalue weighted by Crippen LogP contribution is 2.16. The Hall–Kier alpha value is -1.73. The molecule has 5 nitrogen and oxygen atoms in total. The van der Waals surface area contributed by atoms with Crippen molar-refractivity contribution in [2.45, 2.75) is 26.7 Å². The summed E-state index contributed by atoms with van der Waals surface area (Å²) in [5, 5.41) is 4.01. The molecular weight excluding hydrogens is 342 g/mol. The average molecular weight is 364 g/mol. The number of nitrogens with zero attached hydrogens (tertiary/aromatic N) is 3. The number of hydrogen-bond donors (Lipinski definition) is 0. The first-order valence-electron chi connectivity index (χ1n) is 8.02. The van der Waals surface area contributed by atoms with Crippen LogP contribution in [-0.2, 0) is 22.4 Å². The zero-order valence-corrected chi connectivity index (χ0v) is 15.6. The quantitative estimate of drug-likeness (QED) is 0.837. The molecule has 0 spiro atoms. The van der Waals surface area contributed by atoms with Crippen LogP contribution in [0.5, 0.6) is 0 Å². The molecule has 0 aromatic carbocycles. The van der Waals surface area contributed by atoms with Gasteiger partial charge < -0.3 is 9.80 Å². The molecule has 3 rings (SSSR count). The average Bonchev–Trinajstić information content (AvgIpc) is 3.16. The SMILES string of the molecule is Cc1csc(CC(=O)N2CCN(C(=O)Cc3csnc3C)CC2)c1. The van der Waals surface area contributed by atoms with Gasteiger partial charge in [0.2, 0.25) is 11.8 Å². The molecule has 7 heteroatoms. The van der Waals surface area contributed by atoms with Crippen LogP contribution in [0.25, 0.3) is 0 Å². The van der Waals surface area contributed by atoms with E-state index < -0.39 is 0 Å². The van der Waals surface area contributed by atoms with Crippen LogP contribution >= 0.6 is 22.9 Å². The second-order valence-corrected chi connectivity index (χ2v) is 7.76. The summed E-state index contributed by atoms with van der Waals surface area (Å²) in [6, 6.07) is 2.07. The van der Waals surface area contributed by atoms with Crippen LogP contribution in [0.3, 0.4) is 0 Å². The van der Waals surface area contributed by atoms with Crippen molar-refractivity contribution in [3.8, 4) is 0 Å². The minimum absolute atomic E-state index is 0.124. The summed E-state index contributed by atoms with van der Waals surface area (Å²) in [4.78, 5) is 29.6. The molecule has 1 aliphatic rings. The highest BCUT2D eigenvalue weighted by Gasteiger charge is 2.24. The van der Waals surface area contributed by atoms with E-state index in [9.17, 15) is 9.59 Å². The summed E-state index contributed by atoms with van der Waals surface area (Å²) < 4.78 is 4.21. The van der Waals surface area contributed by atoms with Gasteiger partial charge in [0.05, 0.1) is 18.5 Å². The van der Waals surface area contributed by atoms with Crippen LogP contribution in [0.4, 0.5) is 0 Å². The van der Waals surface area contributed by atoms with Crippen molar-refractivity contribution in [1.29, 1.82) is 0 Å². The van der Waals surface area contributed by atoms with Gasteiger partial charge in [0.15, 0.2) is 0 Å². The normalized spacial score (nSPS) is 14.9. The number of carbonyl (C=O) groups is 2. The van der Waals surface area contributed by atoms with Crippen molar-refractivity contribution < 1.29 is 9.59 Å². The first kappa shape index (κ1) is 17.1. The van der Waals surface area contributed by atoms with Gasteiger partial charge in [0.25, 0.3) is 0 Å². The second kappa shape index (κ2) is 7.44. The number of hydrogen-bond acceptors (Lipinski definition) is 5. The Balaban J connectivity index is 1.49. The number of aryl methyl sites for hydroxylation is 2. The fourth-order valence-electron chi connectivity index (χ4n) is 2.81. The number of rotatable bonds is 4. The minimum atomic E-state index is 0.124. The van der Waals surface area contributed by atoms with Gasteiger partial charge in [-0.15, -0.1) is 11.3 Å². The monoisotopic (exact) mass is 363 g/mol. The molecule has 0 radical (unpaired) electrons. The smallest absolute Gasteiger partial charge is 0.227 e. The van der Waals surface area contributed by atoms with Gasteiger partial charge in [-0.25, -0.2) is 0 Å². The molecule has 0 aliphatic carbocycles. The predicted molar refractivity (Wildman–Crippen MR) is 96.5 cm³/mol. The van der Waals surface area contributed by atoms with Crippen molar-refractivity contribution in [2.24, 2.45) is 0 Å². The molecule has 3 heterocycles. The summed E-state index contributed by atoms with van der Waals surface area (Å²) in [5.74, 6) is 0.279. The van der Waals surface area contributed by atoms with Crippen molar-refractivity contribution in [3.05, 3.63) is 38.5 Å². The molecule has 1 saturated heterocycles. The van der Waals surface area contributed by atoms with E-state index in [1.54, 1.807) is 11.3 Å². The van der Waals surface area contributed by atoms with E-state index in [1.807, 2.05) is 29.0 Å². The van der Waals surface area contributed by atoms with Crippen LogP contribution in [0.15, 0.2) is 16.8 Å². The van der Waals surface area contributed by atoms with E-state index in [0.717, 1.165) is 16.1 Å². The van der Waals surface area contributed by atoms with Crippen molar-refractivity contribution in [1.82, 2.24) is 14.2 Å². The molecular formula is C17H21N3O2S2. The number of piperazine rings is 1. The van der Waals surface area contributed by atoms with Gasteiger partial charge in [0, 0.05) is 36.4 Å². The molecule has 2 aromatic heterocycles. The maximum atomic E-state index is 12.4. The molecule has 24 heavy (non-hydrogen) atoms. The highest BCUT2D eigenvalue weighted by molar-refractivity contribution is 7.10. The Labute approximate surface area is 150 Å². The van der Waals surface area contributed by atoms with Gasteiger partial charge in [-0.2, -0.15) is 4.37 Å². The summed E-state index contributed by atoms with van der Waals surface area (Å²) in [5.41, 5.74) is 3.15.